The molecule has 2 aromatic rings. The summed E-state index contributed by atoms with van der Waals surface area (Å²) < 4.78 is 45.6. The Bertz CT molecular complexity index is 792. The van der Waals surface area contributed by atoms with Gasteiger partial charge in [-0.2, -0.15) is 13.2 Å². The highest BCUT2D eigenvalue weighted by molar-refractivity contribution is 7.80. The van der Waals surface area contributed by atoms with Gasteiger partial charge in [0.2, 0.25) is 5.95 Å². The second-order valence-electron chi connectivity index (χ2n) is 5.38. The van der Waals surface area contributed by atoms with Gasteiger partial charge in [0.1, 0.15) is 0 Å². The smallest absolute Gasteiger partial charge is 0.378 e. The molecule has 3 rings (SSSR count). The van der Waals surface area contributed by atoms with Crippen LogP contribution >= 0.6 is 12.6 Å². The second kappa shape index (κ2) is 7.01. The molecule has 0 saturated carbocycles. The number of alkyl halides is 3. The van der Waals surface area contributed by atoms with Gasteiger partial charge in [-0.05, 0) is 12.1 Å². The maximum absolute atomic E-state index is 13.5. The highest BCUT2D eigenvalue weighted by Crippen LogP contribution is 2.33. The topological polar surface area (TPSA) is 55.3 Å². The summed E-state index contributed by atoms with van der Waals surface area (Å²) >= 11 is 4.13. The van der Waals surface area contributed by atoms with E-state index < -0.39 is 23.2 Å². The van der Waals surface area contributed by atoms with Crippen molar-refractivity contribution in [3.8, 4) is 0 Å². The number of hydrogen-bond donors (Lipinski definition) is 1. The average Bonchev–Trinajstić information content (AvgIpc) is 2.61. The molecule has 1 fully saturated rings. The highest BCUT2D eigenvalue weighted by atomic mass is 32.1. The number of ether oxygens (including phenoxy) is 1. The monoisotopic (exact) mass is 369 g/mol. The summed E-state index contributed by atoms with van der Waals surface area (Å²) in [6.45, 7) is 1.56. The average molecular weight is 369 g/mol. The van der Waals surface area contributed by atoms with Gasteiger partial charge in [0, 0.05) is 29.7 Å². The summed E-state index contributed by atoms with van der Waals surface area (Å²) in [5.74, 6) is -0.877. The zero-order valence-electron chi connectivity index (χ0n) is 13.0. The first-order valence-corrected chi connectivity index (χ1v) is 7.92. The van der Waals surface area contributed by atoms with Crippen LogP contribution in [-0.4, -0.2) is 42.1 Å². The van der Waals surface area contributed by atoms with E-state index in [1.165, 1.54) is 12.1 Å². The molecule has 1 aliphatic heterocycles. The normalized spacial score (nSPS) is 15.3. The maximum Gasteiger partial charge on any atom is 0.434 e. The van der Waals surface area contributed by atoms with Crippen molar-refractivity contribution in [3.63, 3.8) is 0 Å². The van der Waals surface area contributed by atoms with E-state index in [0.29, 0.717) is 26.3 Å². The van der Waals surface area contributed by atoms with Crippen molar-refractivity contribution in [2.24, 2.45) is 0 Å². The minimum Gasteiger partial charge on any atom is -0.378 e. The lowest BCUT2D eigenvalue weighted by atomic mass is 10.0. The molecule has 0 aliphatic carbocycles. The fourth-order valence-corrected chi connectivity index (χ4v) is 2.74. The third-order valence-electron chi connectivity index (χ3n) is 3.73. The molecule has 0 bridgehead atoms. The number of halogens is 3. The van der Waals surface area contributed by atoms with Crippen molar-refractivity contribution in [1.82, 2.24) is 9.97 Å². The molecule has 1 aliphatic rings. The third kappa shape index (κ3) is 3.77. The third-order valence-corrected chi connectivity index (χ3v) is 4.12. The van der Waals surface area contributed by atoms with Crippen LogP contribution in [0.4, 0.5) is 19.1 Å². The number of benzene rings is 1. The van der Waals surface area contributed by atoms with Crippen LogP contribution in [-0.2, 0) is 10.9 Å². The number of rotatable bonds is 3. The summed E-state index contributed by atoms with van der Waals surface area (Å²) in [6, 6.07) is 6.15. The number of carbonyl (C=O) groups excluding carboxylic acids is 1. The Labute approximate surface area is 147 Å². The Morgan fingerprint density at radius 3 is 2.48 bits per heavy atom. The number of ketones is 1. The quantitative estimate of drug-likeness (QED) is 0.666. The number of morpholine rings is 1. The molecular formula is C16H14F3N3O2S. The highest BCUT2D eigenvalue weighted by Gasteiger charge is 2.39. The summed E-state index contributed by atoms with van der Waals surface area (Å²) in [5, 5.41) is 0. The maximum atomic E-state index is 13.5. The van der Waals surface area contributed by atoms with Gasteiger partial charge >= 0.3 is 6.18 Å². The molecule has 9 heteroatoms. The first kappa shape index (κ1) is 17.7. The summed E-state index contributed by atoms with van der Waals surface area (Å²) in [5.41, 5.74) is -1.77. The Morgan fingerprint density at radius 1 is 1.16 bits per heavy atom. The van der Waals surface area contributed by atoms with Crippen molar-refractivity contribution < 1.29 is 22.7 Å². The predicted octanol–water partition coefficient (Wildman–Crippen LogP) is 2.85. The molecule has 0 spiro atoms. The van der Waals surface area contributed by atoms with Crippen LogP contribution < -0.4 is 4.90 Å². The lowest BCUT2D eigenvalue weighted by Gasteiger charge is -2.27. The molecule has 0 radical (unpaired) electrons. The van der Waals surface area contributed by atoms with Crippen LogP contribution in [0.15, 0.2) is 35.4 Å². The largest absolute Gasteiger partial charge is 0.434 e. The van der Waals surface area contributed by atoms with Crippen LogP contribution in [0.3, 0.4) is 0 Å². The summed E-state index contributed by atoms with van der Waals surface area (Å²) in [4.78, 5) is 22.0. The van der Waals surface area contributed by atoms with Crippen LogP contribution in [0.25, 0.3) is 0 Å². The van der Waals surface area contributed by atoms with E-state index in [1.807, 2.05) is 0 Å². The molecule has 0 atom stereocenters. The van der Waals surface area contributed by atoms with Crippen molar-refractivity contribution in [2.45, 2.75) is 11.1 Å². The van der Waals surface area contributed by atoms with Crippen LogP contribution in [0.2, 0.25) is 0 Å². The summed E-state index contributed by atoms with van der Waals surface area (Å²) in [7, 11) is 0. The lowest BCUT2D eigenvalue weighted by molar-refractivity contribution is -0.141. The number of nitrogens with zero attached hydrogens (tertiary/aromatic N) is 3. The Morgan fingerprint density at radius 2 is 1.84 bits per heavy atom. The van der Waals surface area contributed by atoms with Gasteiger partial charge in [-0.3, -0.25) is 4.79 Å². The standard InChI is InChI=1S/C16H14F3N3O2S/c17-16(18,19)14-11(13(23)10-3-1-2-4-12(10)25)9-20-15(21-14)22-5-7-24-8-6-22/h1-4,9,25H,5-8H2. The molecule has 1 aromatic carbocycles. The van der Waals surface area contributed by atoms with Gasteiger partial charge in [0.25, 0.3) is 0 Å². The van der Waals surface area contributed by atoms with E-state index in [-0.39, 0.29) is 16.4 Å². The fraction of sp³-hybridized carbons (Fsp3) is 0.312. The number of thiol groups is 1. The number of carbonyl (C=O) groups is 1. The number of anilines is 1. The van der Waals surface area contributed by atoms with Gasteiger partial charge in [-0.25, -0.2) is 9.97 Å². The SMILES string of the molecule is O=C(c1ccccc1S)c1cnc(N2CCOCC2)nc1C(F)(F)F. The van der Waals surface area contributed by atoms with Crippen LogP contribution in [0, 0.1) is 0 Å². The molecule has 0 amide bonds. The van der Waals surface area contributed by atoms with Gasteiger partial charge in [-0.1, -0.05) is 12.1 Å². The minimum atomic E-state index is -4.78. The molecule has 2 heterocycles. The first-order chi connectivity index (χ1) is 11.9. The van der Waals surface area contributed by atoms with E-state index in [0.717, 1.165) is 6.20 Å². The Hall–Kier alpha value is -2.13. The van der Waals surface area contributed by atoms with Gasteiger partial charge in [0.15, 0.2) is 11.5 Å². The first-order valence-electron chi connectivity index (χ1n) is 7.47. The lowest BCUT2D eigenvalue weighted by Crippen LogP contribution is -2.38. The van der Waals surface area contributed by atoms with Gasteiger partial charge < -0.3 is 9.64 Å². The van der Waals surface area contributed by atoms with E-state index in [2.05, 4.69) is 22.6 Å². The minimum absolute atomic E-state index is 0.0636. The van der Waals surface area contributed by atoms with Crippen LogP contribution in [0.1, 0.15) is 21.6 Å². The molecule has 1 aromatic heterocycles. The molecule has 0 unspecified atom stereocenters. The predicted molar refractivity (Wildman–Crippen MR) is 87.2 cm³/mol. The van der Waals surface area contributed by atoms with E-state index in [4.69, 9.17) is 4.74 Å². The molecule has 132 valence electrons. The van der Waals surface area contributed by atoms with E-state index >= 15 is 0 Å². The summed E-state index contributed by atoms with van der Waals surface area (Å²) in [6.07, 6.45) is -3.84. The van der Waals surface area contributed by atoms with Gasteiger partial charge in [-0.15, -0.1) is 12.6 Å². The molecular weight excluding hydrogens is 355 g/mol. The van der Waals surface area contributed by atoms with Crippen molar-refractivity contribution in [3.05, 3.63) is 47.3 Å². The molecule has 25 heavy (non-hydrogen) atoms. The zero-order valence-corrected chi connectivity index (χ0v) is 13.8. The second-order valence-corrected chi connectivity index (χ2v) is 5.86. The van der Waals surface area contributed by atoms with Crippen molar-refractivity contribution >= 4 is 24.4 Å². The molecule has 1 saturated heterocycles. The number of aromatic nitrogens is 2. The zero-order chi connectivity index (χ0) is 18.0. The number of hydrogen-bond acceptors (Lipinski definition) is 6. The van der Waals surface area contributed by atoms with Crippen molar-refractivity contribution in [2.75, 3.05) is 31.2 Å². The Balaban J connectivity index is 2.04. The van der Waals surface area contributed by atoms with E-state index in [1.54, 1.807) is 17.0 Å². The molecule has 5 nitrogen and oxygen atoms in total. The van der Waals surface area contributed by atoms with Crippen LogP contribution in [0.5, 0.6) is 0 Å². The Kier molecular flexibility index (Phi) is 4.96. The van der Waals surface area contributed by atoms with E-state index in [9.17, 15) is 18.0 Å². The van der Waals surface area contributed by atoms with Gasteiger partial charge in [0.05, 0.1) is 18.8 Å². The molecule has 0 N–H and O–H groups in total. The fourth-order valence-electron chi connectivity index (χ4n) is 2.48. The van der Waals surface area contributed by atoms with Crippen molar-refractivity contribution in [1.29, 1.82) is 0 Å².